The molecule has 0 aliphatic heterocycles. The molecule has 0 aliphatic rings. The van der Waals surface area contributed by atoms with Crippen LogP contribution in [0.2, 0.25) is 10.0 Å². The fourth-order valence-electron chi connectivity index (χ4n) is 1.07. The first-order valence-corrected chi connectivity index (χ1v) is 4.46. The fraction of sp³-hybridized carbons (Fsp3) is 0.333. The Hall–Kier alpha value is -0.240. The average Bonchev–Trinajstić information content (AvgIpc) is 1.81. The van der Waals surface area contributed by atoms with Gasteiger partial charge in [-0.2, -0.15) is 0 Å². The van der Waals surface area contributed by atoms with Gasteiger partial charge in [-0.25, -0.2) is 0 Å². The second kappa shape index (κ2) is 4.13. The molecule has 0 fully saturated rings. The van der Waals surface area contributed by atoms with E-state index in [0.717, 1.165) is 5.56 Å². The summed E-state index contributed by atoms with van der Waals surface area (Å²) in [5, 5.41) is 10.3. The maximum absolute atomic E-state index is 9.10. The van der Waals surface area contributed by atoms with Crippen molar-refractivity contribution in [2.45, 2.75) is 19.4 Å². The van der Waals surface area contributed by atoms with E-state index in [1.165, 1.54) is 0 Å². The van der Waals surface area contributed by atoms with Gasteiger partial charge in [0.1, 0.15) is 0 Å². The Morgan fingerprint density at radius 1 is 1.25 bits per heavy atom. The SMILES string of the molecule is CC(O)Cc1cc(Cl)cc(Cl)c1. The third kappa shape index (κ3) is 3.02. The zero-order valence-electron chi connectivity index (χ0n) is 6.72. The Balaban J connectivity index is 2.85. The predicted molar refractivity (Wildman–Crippen MR) is 51.8 cm³/mol. The second-order valence-electron chi connectivity index (χ2n) is 2.83. The minimum absolute atomic E-state index is 0.362. The largest absolute Gasteiger partial charge is 0.393 e. The quantitative estimate of drug-likeness (QED) is 0.786. The van der Waals surface area contributed by atoms with Crippen molar-refractivity contribution >= 4 is 23.2 Å². The van der Waals surface area contributed by atoms with E-state index in [4.69, 9.17) is 28.3 Å². The number of hydrogen-bond acceptors (Lipinski definition) is 1. The van der Waals surface area contributed by atoms with Crippen LogP contribution in [0, 0.1) is 0 Å². The Bertz CT molecular complexity index is 251. The lowest BCUT2D eigenvalue weighted by Gasteiger charge is -2.04. The number of rotatable bonds is 2. The molecule has 1 nitrogen and oxygen atoms in total. The number of hydrogen-bond donors (Lipinski definition) is 1. The molecule has 0 heterocycles. The van der Waals surface area contributed by atoms with Crippen LogP contribution in [0.3, 0.4) is 0 Å². The van der Waals surface area contributed by atoms with Gasteiger partial charge >= 0.3 is 0 Å². The molecule has 12 heavy (non-hydrogen) atoms. The lowest BCUT2D eigenvalue weighted by Crippen LogP contribution is -2.03. The van der Waals surface area contributed by atoms with Crippen molar-refractivity contribution < 1.29 is 5.11 Å². The summed E-state index contributed by atoms with van der Waals surface area (Å²) < 4.78 is 0. The van der Waals surface area contributed by atoms with Crippen molar-refractivity contribution in [3.05, 3.63) is 33.8 Å². The fourth-order valence-corrected chi connectivity index (χ4v) is 1.64. The highest BCUT2D eigenvalue weighted by Gasteiger charge is 2.01. The molecule has 0 amide bonds. The third-order valence-electron chi connectivity index (χ3n) is 1.45. The average molecular weight is 205 g/mol. The molecule has 1 atom stereocenters. The number of aliphatic hydroxyl groups is 1. The first-order valence-electron chi connectivity index (χ1n) is 3.71. The zero-order chi connectivity index (χ0) is 9.14. The normalized spacial score (nSPS) is 13.0. The summed E-state index contributed by atoms with van der Waals surface area (Å²) in [4.78, 5) is 0. The molecule has 1 aromatic carbocycles. The molecule has 0 bridgehead atoms. The van der Waals surface area contributed by atoms with E-state index in [0.29, 0.717) is 16.5 Å². The highest BCUT2D eigenvalue weighted by molar-refractivity contribution is 6.34. The standard InChI is InChI=1S/C9H10Cl2O/c1-6(12)2-7-3-8(10)5-9(11)4-7/h3-6,12H,2H2,1H3. The van der Waals surface area contributed by atoms with Crippen molar-refractivity contribution in [3.63, 3.8) is 0 Å². The van der Waals surface area contributed by atoms with Crippen molar-refractivity contribution in [1.29, 1.82) is 0 Å². The number of benzene rings is 1. The van der Waals surface area contributed by atoms with Crippen LogP contribution >= 0.6 is 23.2 Å². The van der Waals surface area contributed by atoms with E-state index in [1.54, 1.807) is 25.1 Å². The zero-order valence-corrected chi connectivity index (χ0v) is 8.23. The summed E-state index contributed by atoms with van der Waals surface area (Å²) in [6.45, 7) is 1.73. The summed E-state index contributed by atoms with van der Waals surface area (Å²) in [7, 11) is 0. The summed E-state index contributed by atoms with van der Waals surface area (Å²) >= 11 is 11.5. The van der Waals surface area contributed by atoms with Gasteiger partial charge in [0, 0.05) is 10.0 Å². The number of halogens is 2. The Labute approximate surface area is 81.9 Å². The molecule has 0 aromatic heterocycles. The van der Waals surface area contributed by atoms with Crippen LogP contribution in [-0.4, -0.2) is 11.2 Å². The van der Waals surface area contributed by atoms with Crippen LogP contribution in [-0.2, 0) is 6.42 Å². The summed E-state index contributed by atoms with van der Waals surface area (Å²) in [6.07, 6.45) is 0.222. The van der Waals surface area contributed by atoms with Crippen LogP contribution in [0.5, 0.6) is 0 Å². The maximum Gasteiger partial charge on any atom is 0.0552 e. The van der Waals surface area contributed by atoms with Crippen LogP contribution in [0.25, 0.3) is 0 Å². The Morgan fingerprint density at radius 3 is 2.17 bits per heavy atom. The molecule has 3 heteroatoms. The topological polar surface area (TPSA) is 20.2 Å². The second-order valence-corrected chi connectivity index (χ2v) is 3.70. The maximum atomic E-state index is 9.10. The van der Waals surface area contributed by atoms with Gasteiger partial charge in [-0.05, 0) is 37.1 Å². The van der Waals surface area contributed by atoms with Gasteiger partial charge in [-0.3, -0.25) is 0 Å². The van der Waals surface area contributed by atoms with Crippen molar-refractivity contribution in [2.24, 2.45) is 0 Å². The minimum atomic E-state index is -0.362. The molecule has 0 saturated carbocycles. The van der Waals surface area contributed by atoms with E-state index in [-0.39, 0.29) is 6.10 Å². The van der Waals surface area contributed by atoms with Gasteiger partial charge in [-0.15, -0.1) is 0 Å². The van der Waals surface area contributed by atoms with Crippen molar-refractivity contribution in [1.82, 2.24) is 0 Å². The van der Waals surface area contributed by atoms with E-state index >= 15 is 0 Å². The van der Waals surface area contributed by atoms with E-state index in [9.17, 15) is 0 Å². The summed E-state index contributed by atoms with van der Waals surface area (Å²) in [6, 6.07) is 5.29. The van der Waals surface area contributed by atoms with E-state index in [2.05, 4.69) is 0 Å². The van der Waals surface area contributed by atoms with E-state index in [1.807, 2.05) is 0 Å². The number of aliphatic hydroxyl groups excluding tert-OH is 1. The highest BCUT2D eigenvalue weighted by Crippen LogP contribution is 2.19. The lowest BCUT2D eigenvalue weighted by molar-refractivity contribution is 0.195. The molecule has 1 aromatic rings. The van der Waals surface area contributed by atoms with Gasteiger partial charge < -0.3 is 5.11 Å². The van der Waals surface area contributed by atoms with E-state index < -0.39 is 0 Å². The molecule has 1 N–H and O–H groups in total. The minimum Gasteiger partial charge on any atom is -0.393 e. The molecular formula is C9H10Cl2O. The van der Waals surface area contributed by atoms with Gasteiger partial charge in [0.25, 0.3) is 0 Å². The third-order valence-corrected chi connectivity index (χ3v) is 1.89. The molecule has 0 spiro atoms. The molecule has 0 saturated heterocycles. The predicted octanol–water partition coefficient (Wildman–Crippen LogP) is 2.92. The van der Waals surface area contributed by atoms with Crippen LogP contribution < -0.4 is 0 Å². The Kier molecular flexibility index (Phi) is 3.39. The summed E-state index contributed by atoms with van der Waals surface area (Å²) in [5.74, 6) is 0. The first kappa shape index (κ1) is 9.85. The van der Waals surface area contributed by atoms with Crippen molar-refractivity contribution in [3.8, 4) is 0 Å². The lowest BCUT2D eigenvalue weighted by atomic mass is 10.1. The first-order chi connectivity index (χ1) is 5.58. The van der Waals surface area contributed by atoms with Crippen LogP contribution in [0.1, 0.15) is 12.5 Å². The molecule has 0 aliphatic carbocycles. The monoisotopic (exact) mass is 204 g/mol. The smallest absolute Gasteiger partial charge is 0.0552 e. The van der Waals surface area contributed by atoms with Gasteiger partial charge in [-0.1, -0.05) is 23.2 Å². The molecular weight excluding hydrogens is 195 g/mol. The van der Waals surface area contributed by atoms with Gasteiger partial charge in [0.2, 0.25) is 0 Å². The Morgan fingerprint density at radius 2 is 1.75 bits per heavy atom. The van der Waals surface area contributed by atoms with Crippen molar-refractivity contribution in [2.75, 3.05) is 0 Å². The molecule has 66 valence electrons. The highest BCUT2D eigenvalue weighted by atomic mass is 35.5. The molecule has 0 radical (unpaired) electrons. The van der Waals surface area contributed by atoms with Gasteiger partial charge in [0.15, 0.2) is 0 Å². The molecule has 1 rings (SSSR count). The summed E-state index contributed by atoms with van der Waals surface area (Å²) in [5.41, 5.74) is 0.961. The van der Waals surface area contributed by atoms with Crippen LogP contribution in [0.4, 0.5) is 0 Å². The van der Waals surface area contributed by atoms with Gasteiger partial charge in [0.05, 0.1) is 6.10 Å². The van der Waals surface area contributed by atoms with Crippen LogP contribution in [0.15, 0.2) is 18.2 Å². The molecule has 1 unspecified atom stereocenters.